The van der Waals surface area contributed by atoms with Crippen molar-refractivity contribution in [2.24, 2.45) is 5.92 Å². The van der Waals surface area contributed by atoms with Crippen LogP contribution in [0.15, 0.2) is 4.52 Å². The average Bonchev–Trinajstić information content (AvgIpc) is 3.15. The quantitative estimate of drug-likeness (QED) is 0.918. The number of nitrogens with zero attached hydrogens (tertiary/aromatic N) is 2. The molecule has 20 heavy (non-hydrogen) atoms. The molecule has 0 radical (unpaired) electrons. The van der Waals surface area contributed by atoms with E-state index in [2.05, 4.69) is 22.4 Å². The standard InChI is InChI=1S/C15H25N3O2/c1-3-10-5-4-6-11(7-10)14-17-15(20-18-14)13-8-12(19-2)9-16-13/h10-13,16H,3-9H2,1-2H3. The lowest BCUT2D eigenvalue weighted by atomic mass is 9.80. The first-order valence-electron chi connectivity index (χ1n) is 7.89. The van der Waals surface area contributed by atoms with Crippen LogP contribution in [-0.2, 0) is 4.74 Å². The number of rotatable bonds is 4. The van der Waals surface area contributed by atoms with E-state index in [1.807, 2.05) is 0 Å². The Bertz CT molecular complexity index is 435. The van der Waals surface area contributed by atoms with Gasteiger partial charge >= 0.3 is 0 Å². The van der Waals surface area contributed by atoms with Crippen molar-refractivity contribution < 1.29 is 9.26 Å². The highest BCUT2D eigenvalue weighted by Crippen LogP contribution is 2.36. The van der Waals surface area contributed by atoms with Gasteiger partial charge in [-0.25, -0.2) is 0 Å². The second kappa shape index (κ2) is 6.22. The minimum Gasteiger partial charge on any atom is -0.380 e. The van der Waals surface area contributed by atoms with E-state index in [9.17, 15) is 0 Å². The predicted octanol–water partition coefficient (Wildman–Crippen LogP) is 2.80. The first-order valence-corrected chi connectivity index (χ1v) is 7.89. The highest BCUT2D eigenvalue weighted by Gasteiger charge is 2.31. The molecule has 0 spiro atoms. The van der Waals surface area contributed by atoms with E-state index in [1.54, 1.807) is 7.11 Å². The Hall–Kier alpha value is -0.940. The predicted molar refractivity (Wildman–Crippen MR) is 75.4 cm³/mol. The summed E-state index contributed by atoms with van der Waals surface area (Å²) in [4.78, 5) is 4.66. The van der Waals surface area contributed by atoms with Gasteiger partial charge in [-0.3, -0.25) is 0 Å². The number of methoxy groups -OCH3 is 1. The van der Waals surface area contributed by atoms with Gasteiger partial charge in [0.05, 0.1) is 12.1 Å². The maximum atomic E-state index is 5.48. The molecule has 5 heteroatoms. The fourth-order valence-corrected chi connectivity index (χ4v) is 3.52. The van der Waals surface area contributed by atoms with Gasteiger partial charge in [-0.2, -0.15) is 4.98 Å². The summed E-state index contributed by atoms with van der Waals surface area (Å²) in [5.74, 6) is 2.97. The molecule has 1 saturated heterocycles. The third-order valence-corrected chi connectivity index (χ3v) is 4.90. The molecule has 2 fully saturated rings. The fraction of sp³-hybridized carbons (Fsp3) is 0.867. The molecule has 1 saturated carbocycles. The van der Waals surface area contributed by atoms with Crippen LogP contribution >= 0.6 is 0 Å². The van der Waals surface area contributed by atoms with E-state index >= 15 is 0 Å². The summed E-state index contributed by atoms with van der Waals surface area (Å²) >= 11 is 0. The molecule has 1 aromatic rings. The van der Waals surface area contributed by atoms with E-state index in [0.29, 0.717) is 5.92 Å². The molecular weight excluding hydrogens is 254 g/mol. The van der Waals surface area contributed by atoms with Gasteiger partial charge < -0.3 is 14.6 Å². The Morgan fingerprint density at radius 2 is 2.25 bits per heavy atom. The highest BCUT2D eigenvalue weighted by molar-refractivity contribution is 5.02. The SMILES string of the molecule is CCC1CCCC(c2noc(C3CC(OC)CN3)n2)C1. The van der Waals surface area contributed by atoms with Crippen molar-refractivity contribution in [3.63, 3.8) is 0 Å². The Balaban J connectivity index is 1.64. The summed E-state index contributed by atoms with van der Waals surface area (Å²) < 4.78 is 10.8. The monoisotopic (exact) mass is 279 g/mol. The summed E-state index contributed by atoms with van der Waals surface area (Å²) in [6, 6.07) is 0.159. The van der Waals surface area contributed by atoms with Crippen molar-refractivity contribution in [2.75, 3.05) is 13.7 Å². The molecule has 1 aliphatic heterocycles. The van der Waals surface area contributed by atoms with Gasteiger partial charge in [-0.15, -0.1) is 0 Å². The van der Waals surface area contributed by atoms with Crippen molar-refractivity contribution in [3.8, 4) is 0 Å². The first kappa shape index (κ1) is 14.0. The van der Waals surface area contributed by atoms with Gasteiger partial charge in [0.1, 0.15) is 0 Å². The normalized spacial score (nSPS) is 34.5. The van der Waals surface area contributed by atoms with Crippen LogP contribution < -0.4 is 5.32 Å². The van der Waals surface area contributed by atoms with Crippen LogP contribution in [-0.4, -0.2) is 29.9 Å². The average molecular weight is 279 g/mol. The number of ether oxygens (including phenoxy) is 1. The van der Waals surface area contributed by atoms with Crippen LogP contribution in [0.5, 0.6) is 0 Å². The molecule has 4 atom stereocenters. The molecule has 1 aromatic heterocycles. The maximum Gasteiger partial charge on any atom is 0.243 e. The summed E-state index contributed by atoms with van der Waals surface area (Å²) in [5, 5.41) is 7.63. The Morgan fingerprint density at radius 1 is 1.35 bits per heavy atom. The molecule has 0 bridgehead atoms. The van der Waals surface area contributed by atoms with Crippen LogP contribution in [0.2, 0.25) is 0 Å². The summed E-state index contributed by atoms with van der Waals surface area (Å²) in [5.41, 5.74) is 0. The second-order valence-electron chi connectivity index (χ2n) is 6.18. The molecule has 2 heterocycles. The van der Waals surface area contributed by atoms with Gasteiger partial charge in [0.2, 0.25) is 5.89 Å². The van der Waals surface area contributed by atoms with E-state index in [-0.39, 0.29) is 12.1 Å². The lowest BCUT2D eigenvalue weighted by Gasteiger charge is -2.26. The molecule has 2 aliphatic rings. The zero-order valence-electron chi connectivity index (χ0n) is 12.5. The molecule has 112 valence electrons. The van der Waals surface area contributed by atoms with Crippen molar-refractivity contribution >= 4 is 0 Å². The number of aromatic nitrogens is 2. The Kier molecular flexibility index (Phi) is 4.36. The molecule has 4 unspecified atom stereocenters. The fourth-order valence-electron chi connectivity index (χ4n) is 3.52. The van der Waals surface area contributed by atoms with Crippen LogP contribution in [0.1, 0.15) is 69.1 Å². The smallest absolute Gasteiger partial charge is 0.243 e. The van der Waals surface area contributed by atoms with Crippen LogP contribution in [0.3, 0.4) is 0 Å². The van der Waals surface area contributed by atoms with Crippen molar-refractivity contribution in [1.29, 1.82) is 0 Å². The number of hydrogen-bond acceptors (Lipinski definition) is 5. The van der Waals surface area contributed by atoms with Crippen molar-refractivity contribution in [1.82, 2.24) is 15.5 Å². The van der Waals surface area contributed by atoms with E-state index in [4.69, 9.17) is 9.26 Å². The van der Waals surface area contributed by atoms with Crippen molar-refractivity contribution in [2.45, 2.75) is 63.5 Å². The number of nitrogens with one attached hydrogen (secondary N) is 1. The van der Waals surface area contributed by atoms with Gasteiger partial charge in [-0.1, -0.05) is 31.3 Å². The number of hydrogen-bond donors (Lipinski definition) is 1. The third kappa shape index (κ3) is 2.88. The minimum atomic E-state index is 0.159. The first-order chi connectivity index (χ1) is 9.80. The minimum absolute atomic E-state index is 0.159. The molecule has 1 aliphatic carbocycles. The Labute approximate surface area is 120 Å². The molecule has 0 aromatic carbocycles. The summed E-state index contributed by atoms with van der Waals surface area (Å²) in [7, 11) is 1.75. The molecule has 3 rings (SSSR count). The van der Waals surface area contributed by atoms with E-state index < -0.39 is 0 Å². The van der Waals surface area contributed by atoms with Gasteiger partial charge in [-0.05, 0) is 25.2 Å². The zero-order valence-corrected chi connectivity index (χ0v) is 12.5. The van der Waals surface area contributed by atoms with Crippen LogP contribution in [0.25, 0.3) is 0 Å². The second-order valence-corrected chi connectivity index (χ2v) is 6.18. The van der Waals surface area contributed by atoms with E-state index in [1.165, 1.54) is 32.1 Å². The Morgan fingerprint density at radius 3 is 3.00 bits per heavy atom. The molecule has 1 N–H and O–H groups in total. The largest absolute Gasteiger partial charge is 0.380 e. The molecule has 5 nitrogen and oxygen atoms in total. The summed E-state index contributed by atoms with van der Waals surface area (Å²) in [6.07, 6.45) is 7.51. The highest BCUT2D eigenvalue weighted by atomic mass is 16.5. The van der Waals surface area contributed by atoms with Gasteiger partial charge in [0.15, 0.2) is 5.82 Å². The van der Waals surface area contributed by atoms with Gasteiger partial charge in [0, 0.05) is 19.6 Å². The van der Waals surface area contributed by atoms with E-state index in [0.717, 1.165) is 30.6 Å². The van der Waals surface area contributed by atoms with Gasteiger partial charge in [0.25, 0.3) is 0 Å². The maximum absolute atomic E-state index is 5.48. The van der Waals surface area contributed by atoms with Crippen LogP contribution in [0.4, 0.5) is 0 Å². The summed E-state index contributed by atoms with van der Waals surface area (Å²) in [6.45, 7) is 3.14. The zero-order chi connectivity index (χ0) is 13.9. The molecular formula is C15H25N3O2. The van der Waals surface area contributed by atoms with Crippen LogP contribution in [0, 0.1) is 5.92 Å². The lowest BCUT2D eigenvalue weighted by Crippen LogP contribution is -2.17. The topological polar surface area (TPSA) is 60.2 Å². The third-order valence-electron chi connectivity index (χ3n) is 4.90. The lowest BCUT2D eigenvalue weighted by molar-refractivity contribution is 0.116. The van der Waals surface area contributed by atoms with Crippen molar-refractivity contribution in [3.05, 3.63) is 11.7 Å². The molecule has 0 amide bonds.